The molecule has 1 aromatic heterocycles. The molecule has 0 unspecified atom stereocenters. The quantitative estimate of drug-likeness (QED) is 0.802. The highest BCUT2D eigenvalue weighted by atomic mass is 35.5. The Labute approximate surface area is 141 Å². The molecule has 1 N–H and O–H groups in total. The van der Waals surface area contributed by atoms with Crippen LogP contribution in [0.25, 0.3) is 0 Å². The average molecular weight is 339 g/mol. The molecule has 0 aliphatic heterocycles. The molecule has 0 amide bonds. The number of nitrogens with zero attached hydrogens (tertiary/aromatic N) is 2. The lowest BCUT2D eigenvalue weighted by Crippen LogP contribution is -2.09. The van der Waals surface area contributed by atoms with E-state index in [9.17, 15) is 0 Å². The number of benzene rings is 1. The summed E-state index contributed by atoms with van der Waals surface area (Å²) in [5.41, 5.74) is 2.01. The number of aryl methyl sites for hydroxylation is 1. The Morgan fingerprint density at radius 3 is 2.74 bits per heavy atom. The molecule has 1 aromatic carbocycles. The van der Waals surface area contributed by atoms with E-state index in [4.69, 9.17) is 26.2 Å². The van der Waals surface area contributed by atoms with Gasteiger partial charge in [-0.1, -0.05) is 17.7 Å². The molecular formula is C17H23ClN2O3. The van der Waals surface area contributed by atoms with Crippen LogP contribution in [0, 0.1) is 0 Å². The van der Waals surface area contributed by atoms with Crippen LogP contribution >= 0.6 is 11.6 Å². The first-order valence-electron chi connectivity index (χ1n) is 7.70. The van der Waals surface area contributed by atoms with E-state index >= 15 is 0 Å². The lowest BCUT2D eigenvalue weighted by Gasteiger charge is -2.11. The van der Waals surface area contributed by atoms with Crippen LogP contribution in [0.1, 0.15) is 31.5 Å². The average Bonchev–Trinajstić information content (AvgIpc) is 2.87. The van der Waals surface area contributed by atoms with Gasteiger partial charge in [-0.2, -0.15) is 0 Å². The SMILES string of the molecule is COc1cc(Cl)ccc1Cn1nc(OC(C)C)cc1CCCO. The van der Waals surface area contributed by atoms with Gasteiger partial charge in [-0.05, 0) is 38.8 Å². The number of aliphatic hydroxyl groups excluding tert-OH is 1. The van der Waals surface area contributed by atoms with Crippen LogP contribution in [0.5, 0.6) is 11.6 Å². The van der Waals surface area contributed by atoms with Crippen molar-refractivity contribution in [3.05, 3.63) is 40.5 Å². The van der Waals surface area contributed by atoms with E-state index in [1.807, 2.05) is 36.7 Å². The minimum absolute atomic E-state index is 0.0640. The molecule has 0 bridgehead atoms. The third-order valence-electron chi connectivity index (χ3n) is 3.36. The van der Waals surface area contributed by atoms with Crippen molar-refractivity contribution < 1.29 is 14.6 Å². The minimum atomic E-state index is 0.0640. The molecule has 0 fully saturated rings. The maximum absolute atomic E-state index is 9.08. The van der Waals surface area contributed by atoms with Gasteiger partial charge in [0.05, 0.1) is 19.8 Å². The number of aliphatic hydroxyl groups is 1. The first kappa shape index (κ1) is 17.6. The summed E-state index contributed by atoms with van der Waals surface area (Å²) in [4.78, 5) is 0. The maximum atomic E-state index is 9.08. The Hall–Kier alpha value is -1.72. The molecule has 126 valence electrons. The Kier molecular flexibility index (Phi) is 6.30. The van der Waals surface area contributed by atoms with E-state index in [0.717, 1.165) is 23.4 Å². The van der Waals surface area contributed by atoms with Crippen LogP contribution in [0.4, 0.5) is 0 Å². The van der Waals surface area contributed by atoms with E-state index in [-0.39, 0.29) is 12.7 Å². The largest absolute Gasteiger partial charge is 0.496 e. The topological polar surface area (TPSA) is 56.5 Å². The molecule has 0 radical (unpaired) electrons. The predicted molar refractivity (Wildman–Crippen MR) is 90.5 cm³/mol. The second-order valence-electron chi connectivity index (χ2n) is 5.58. The summed E-state index contributed by atoms with van der Waals surface area (Å²) >= 11 is 6.01. The first-order valence-corrected chi connectivity index (χ1v) is 8.08. The van der Waals surface area contributed by atoms with Crippen LogP contribution in [0.3, 0.4) is 0 Å². The van der Waals surface area contributed by atoms with Crippen LogP contribution in [-0.2, 0) is 13.0 Å². The normalized spacial score (nSPS) is 11.0. The highest BCUT2D eigenvalue weighted by Crippen LogP contribution is 2.25. The van der Waals surface area contributed by atoms with Gasteiger partial charge in [-0.25, -0.2) is 0 Å². The maximum Gasteiger partial charge on any atom is 0.233 e. The van der Waals surface area contributed by atoms with Crippen LogP contribution in [0.15, 0.2) is 24.3 Å². The van der Waals surface area contributed by atoms with Gasteiger partial charge >= 0.3 is 0 Å². The molecule has 2 rings (SSSR count). The predicted octanol–water partition coefficient (Wildman–Crippen LogP) is 3.31. The summed E-state index contributed by atoms with van der Waals surface area (Å²) in [7, 11) is 1.62. The van der Waals surface area contributed by atoms with Gasteiger partial charge in [0.2, 0.25) is 5.88 Å². The molecule has 2 aromatic rings. The third kappa shape index (κ3) is 4.88. The number of hydrogen-bond donors (Lipinski definition) is 1. The number of methoxy groups -OCH3 is 1. The molecular weight excluding hydrogens is 316 g/mol. The molecule has 1 heterocycles. The van der Waals surface area contributed by atoms with Crippen molar-refractivity contribution in [3.8, 4) is 11.6 Å². The molecule has 0 spiro atoms. The van der Waals surface area contributed by atoms with Gasteiger partial charge < -0.3 is 14.6 Å². The van der Waals surface area contributed by atoms with Crippen molar-refractivity contribution in [2.24, 2.45) is 0 Å². The molecule has 0 saturated heterocycles. The number of ether oxygens (including phenoxy) is 2. The van der Waals surface area contributed by atoms with E-state index in [1.165, 1.54) is 0 Å². The van der Waals surface area contributed by atoms with Crippen molar-refractivity contribution >= 4 is 11.6 Å². The summed E-state index contributed by atoms with van der Waals surface area (Å²) in [6, 6.07) is 7.49. The fourth-order valence-electron chi connectivity index (χ4n) is 2.34. The Bertz CT molecular complexity index is 641. The lowest BCUT2D eigenvalue weighted by atomic mass is 10.2. The molecule has 0 saturated carbocycles. The highest BCUT2D eigenvalue weighted by molar-refractivity contribution is 6.30. The van der Waals surface area contributed by atoms with Gasteiger partial charge in [-0.3, -0.25) is 4.68 Å². The van der Waals surface area contributed by atoms with Gasteiger partial charge in [-0.15, -0.1) is 5.10 Å². The van der Waals surface area contributed by atoms with Gasteiger partial charge in [0.1, 0.15) is 5.75 Å². The summed E-state index contributed by atoms with van der Waals surface area (Å²) < 4.78 is 13.0. The summed E-state index contributed by atoms with van der Waals surface area (Å²) in [5, 5.41) is 14.2. The molecule has 0 aliphatic rings. The smallest absolute Gasteiger partial charge is 0.233 e. The zero-order chi connectivity index (χ0) is 16.8. The first-order chi connectivity index (χ1) is 11.0. The lowest BCUT2D eigenvalue weighted by molar-refractivity contribution is 0.230. The van der Waals surface area contributed by atoms with Crippen molar-refractivity contribution in [3.63, 3.8) is 0 Å². The number of rotatable bonds is 8. The van der Waals surface area contributed by atoms with Crippen LogP contribution < -0.4 is 9.47 Å². The van der Waals surface area contributed by atoms with Crippen LogP contribution in [-0.4, -0.2) is 34.7 Å². The highest BCUT2D eigenvalue weighted by Gasteiger charge is 2.13. The van der Waals surface area contributed by atoms with E-state index in [1.54, 1.807) is 13.2 Å². The molecule has 0 aliphatic carbocycles. The zero-order valence-corrected chi connectivity index (χ0v) is 14.5. The summed E-state index contributed by atoms with van der Waals surface area (Å²) in [6.07, 6.45) is 1.49. The standard InChI is InChI=1S/C17H23ClN2O3/c1-12(2)23-17-10-15(5-4-8-21)20(19-17)11-13-6-7-14(18)9-16(13)22-3/h6-7,9-10,12,21H,4-5,8,11H2,1-3H3. The third-order valence-corrected chi connectivity index (χ3v) is 3.59. The fraction of sp³-hybridized carbons (Fsp3) is 0.471. The molecule has 6 heteroatoms. The summed E-state index contributed by atoms with van der Waals surface area (Å²) in [5.74, 6) is 1.33. The number of halogens is 1. The van der Waals surface area contributed by atoms with E-state index in [2.05, 4.69) is 5.10 Å². The Morgan fingerprint density at radius 1 is 1.30 bits per heavy atom. The minimum Gasteiger partial charge on any atom is -0.496 e. The van der Waals surface area contributed by atoms with Crippen molar-refractivity contribution in [2.75, 3.05) is 13.7 Å². The Morgan fingerprint density at radius 2 is 2.09 bits per heavy atom. The van der Waals surface area contributed by atoms with Gasteiger partial charge in [0.25, 0.3) is 0 Å². The fourth-order valence-corrected chi connectivity index (χ4v) is 2.50. The number of aromatic nitrogens is 2. The monoisotopic (exact) mass is 338 g/mol. The van der Waals surface area contributed by atoms with Crippen molar-refractivity contribution in [1.29, 1.82) is 0 Å². The second-order valence-corrected chi connectivity index (χ2v) is 6.02. The van der Waals surface area contributed by atoms with E-state index < -0.39 is 0 Å². The summed E-state index contributed by atoms with van der Waals surface area (Å²) in [6.45, 7) is 4.64. The molecule has 5 nitrogen and oxygen atoms in total. The number of hydrogen-bond acceptors (Lipinski definition) is 4. The van der Waals surface area contributed by atoms with Crippen LogP contribution in [0.2, 0.25) is 5.02 Å². The zero-order valence-electron chi connectivity index (χ0n) is 13.8. The molecule has 0 atom stereocenters. The van der Waals surface area contributed by atoms with Crippen molar-refractivity contribution in [1.82, 2.24) is 9.78 Å². The molecule has 23 heavy (non-hydrogen) atoms. The second kappa shape index (κ2) is 8.22. The van der Waals surface area contributed by atoms with Gasteiger partial charge in [0, 0.05) is 29.0 Å². The van der Waals surface area contributed by atoms with Gasteiger partial charge in [0.15, 0.2) is 0 Å². The van der Waals surface area contributed by atoms with E-state index in [0.29, 0.717) is 23.9 Å². The Balaban J connectivity index is 2.28. The van der Waals surface area contributed by atoms with Crippen molar-refractivity contribution in [2.45, 2.75) is 39.3 Å².